The lowest BCUT2D eigenvalue weighted by Crippen LogP contribution is -2.27. The van der Waals surface area contributed by atoms with Crippen molar-refractivity contribution in [3.05, 3.63) is 70.2 Å². The molecule has 8 heteroatoms. The molecule has 0 spiro atoms. The molecule has 0 aliphatic heterocycles. The van der Waals surface area contributed by atoms with Crippen LogP contribution in [0.4, 0.5) is 10.1 Å². The first-order valence-corrected chi connectivity index (χ1v) is 7.26. The smallest absolute Gasteiger partial charge is 0.254 e. The van der Waals surface area contributed by atoms with Gasteiger partial charge in [0.2, 0.25) is 5.91 Å². The maximum atomic E-state index is 13.1. The third kappa shape index (κ3) is 3.52. The lowest BCUT2D eigenvalue weighted by molar-refractivity contribution is -0.116. The molecule has 0 atom stereocenters. The fourth-order valence-electron chi connectivity index (χ4n) is 2.03. The normalized spacial score (nSPS) is 10.6. The number of nitrogens with zero attached hydrogens (tertiary/aromatic N) is 2. The molecule has 1 N–H and O–H groups in total. The molecule has 0 saturated carbocycles. The molecule has 2 aromatic heterocycles. The van der Waals surface area contributed by atoms with Crippen LogP contribution < -0.4 is 10.9 Å². The zero-order valence-corrected chi connectivity index (χ0v) is 13.0. The highest BCUT2D eigenvalue weighted by atomic mass is 35.5. The average molecular weight is 348 g/mol. The summed E-state index contributed by atoms with van der Waals surface area (Å²) in [5.41, 5.74) is 0.315. The van der Waals surface area contributed by atoms with Gasteiger partial charge >= 0.3 is 0 Å². The Bertz CT molecular complexity index is 938. The SMILES string of the molecule is O=C(Cn1cnc(-c2ccco2)cc1=O)Nc1ccc(F)c(Cl)c1. The Hall–Kier alpha value is -2.93. The predicted molar refractivity (Wildman–Crippen MR) is 86.2 cm³/mol. The van der Waals surface area contributed by atoms with E-state index in [9.17, 15) is 14.0 Å². The van der Waals surface area contributed by atoms with Crippen molar-refractivity contribution in [2.24, 2.45) is 0 Å². The first-order chi connectivity index (χ1) is 11.5. The van der Waals surface area contributed by atoms with Crippen molar-refractivity contribution < 1.29 is 13.6 Å². The topological polar surface area (TPSA) is 77.1 Å². The molecule has 6 nitrogen and oxygen atoms in total. The highest BCUT2D eigenvalue weighted by Gasteiger charge is 2.09. The number of aromatic nitrogens is 2. The van der Waals surface area contributed by atoms with Gasteiger partial charge in [0, 0.05) is 11.8 Å². The first kappa shape index (κ1) is 15.9. The summed E-state index contributed by atoms with van der Waals surface area (Å²) in [5, 5.41) is 2.43. The van der Waals surface area contributed by atoms with Crippen LogP contribution in [-0.4, -0.2) is 15.5 Å². The molecule has 3 rings (SSSR count). The second kappa shape index (κ2) is 6.67. The predicted octanol–water partition coefficient (Wildman–Crippen LogP) is 2.93. The summed E-state index contributed by atoms with van der Waals surface area (Å²) >= 11 is 5.65. The molecule has 0 aliphatic rings. The number of amides is 1. The van der Waals surface area contributed by atoms with Crippen LogP contribution in [0.15, 0.2) is 58.2 Å². The number of furan rings is 1. The van der Waals surface area contributed by atoms with E-state index in [1.54, 1.807) is 12.1 Å². The van der Waals surface area contributed by atoms with E-state index in [1.165, 1.54) is 30.8 Å². The van der Waals surface area contributed by atoms with E-state index in [0.717, 1.165) is 10.6 Å². The largest absolute Gasteiger partial charge is 0.463 e. The van der Waals surface area contributed by atoms with E-state index in [4.69, 9.17) is 16.0 Å². The molecule has 1 aromatic carbocycles. The van der Waals surface area contributed by atoms with Crippen LogP contribution in [0, 0.1) is 5.82 Å². The van der Waals surface area contributed by atoms with Crippen LogP contribution in [0.5, 0.6) is 0 Å². The van der Waals surface area contributed by atoms with Gasteiger partial charge in [-0.3, -0.25) is 14.2 Å². The summed E-state index contributed by atoms with van der Waals surface area (Å²) < 4.78 is 19.4. The summed E-state index contributed by atoms with van der Waals surface area (Å²) in [5.74, 6) is -0.583. The van der Waals surface area contributed by atoms with E-state index in [-0.39, 0.29) is 11.6 Å². The minimum atomic E-state index is -0.580. The van der Waals surface area contributed by atoms with E-state index >= 15 is 0 Å². The molecule has 2 heterocycles. The summed E-state index contributed by atoms with van der Waals surface area (Å²) in [6.07, 6.45) is 2.74. The van der Waals surface area contributed by atoms with Crippen molar-refractivity contribution >= 4 is 23.2 Å². The average Bonchev–Trinajstić information content (AvgIpc) is 3.07. The van der Waals surface area contributed by atoms with Crippen molar-refractivity contribution in [2.75, 3.05) is 5.32 Å². The van der Waals surface area contributed by atoms with E-state index < -0.39 is 17.3 Å². The Balaban J connectivity index is 1.72. The second-order valence-electron chi connectivity index (χ2n) is 4.89. The number of carbonyl (C=O) groups excluding carboxylic acids is 1. The highest BCUT2D eigenvalue weighted by Crippen LogP contribution is 2.19. The van der Waals surface area contributed by atoms with Crippen molar-refractivity contribution in [2.45, 2.75) is 6.54 Å². The van der Waals surface area contributed by atoms with Crippen LogP contribution in [0.25, 0.3) is 11.5 Å². The Morgan fingerprint density at radius 1 is 1.33 bits per heavy atom. The van der Waals surface area contributed by atoms with Gasteiger partial charge < -0.3 is 9.73 Å². The fourth-order valence-corrected chi connectivity index (χ4v) is 2.21. The summed E-state index contributed by atoms with van der Waals surface area (Å²) in [6, 6.07) is 8.45. The number of benzene rings is 1. The number of halogens is 2. The van der Waals surface area contributed by atoms with Gasteiger partial charge in [-0.2, -0.15) is 0 Å². The summed E-state index contributed by atoms with van der Waals surface area (Å²) in [6.45, 7) is -0.237. The van der Waals surface area contributed by atoms with E-state index in [0.29, 0.717) is 17.1 Å². The van der Waals surface area contributed by atoms with E-state index in [1.807, 2.05) is 0 Å². The van der Waals surface area contributed by atoms with Crippen molar-refractivity contribution in [3.8, 4) is 11.5 Å². The number of carbonyl (C=O) groups is 1. The van der Waals surface area contributed by atoms with Crippen LogP contribution in [0.1, 0.15) is 0 Å². The first-order valence-electron chi connectivity index (χ1n) is 6.88. The molecular formula is C16H11ClFN3O3. The van der Waals surface area contributed by atoms with Crippen LogP contribution in [0.3, 0.4) is 0 Å². The minimum Gasteiger partial charge on any atom is -0.463 e. The van der Waals surface area contributed by atoms with Crippen molar-refractivity contribution in [1.82, 2.24) is 9.55 Å². The Morgan fingerprint density at radius 2 is 2.17 bits per heavy atom. The minimum absolute atomic E-state index is 0.102. The monoisotopic (exact) mass is 347 g/mol. The molecule has 0 bridgehead atoms. The van der Waals surface area contributed by atoms with Gasteiger partial charge in [0.25, 0.3) is 5.56 Å². The van der Waals surface area contributed by atoms with Crippen LogP contribution in [-0.2, 0) is 11.3 Å². The molecule has 0 aliphatic carbocycles. The van der Waals surface area contributed by atoms with Crippen molar-refractivity contribution in [3.63, 3.8) is 0 Å². The Morgan fingerprint density at radius 3 is 2.83 bits per heavy atom. The van der Waals surface area contributed by atoms with Gasteiger partial charge in [0.15, 0.2) is 5.76 Å². The van der Waals surface area contributed by atoms with Gasteiger partial charge in [-0.25, -0.2) is 9.37 Å². The number of anilines is 1. The van der Waals surface area contributed by atoms with Gasteiger partial charge in [0.05, 0.1) is 17.6 Å². The number of hydrogen-bond acceptors (Lipinski definition) is 4. The van der Waals surface area contributed by atoms with Crippen molar-refractivity contribution in [1.29, 1.82) is 0 Å². The highest BCUT2D eigenvalue weighted by molar-refractivity contribution is 6.31. The molecular weight excluding hydrogens is 337 g/mol. The standard InChI is InChI=1S/C16H11ClFN3O3/c17-11-6-10(3-4-12(11)18)20-15(22)8-21-9-19-13(7-16(21)23)14-2-1-5-24-14/h1-7,9H,8H2,(H,20,22). The third-order valence-electron chi connectivity index (χ3n) is 3.17. The maximum absolute atomic E-state index is 13.1. The Kier molecular flexibility index (Phi) is 4.43. The quantitative estimate of drug-likeness (QED) is 0.787. The van der Waals surface area contributed by atoms with Gasteiger partial charge in [0.1, 0.15) is 18.1 Å². The van der Waals surface area contributed by atoms with Gasteiger partial charge in [-0.05, 0) is 30.3 Å². The lowest BCUT2D eigenvalue weighted by Gasteiger charge is -2.08. The second-order valence-corrected chi connectivity index (χ2v) is 5.30. The Labute approximate surface area is 140 Å². The molecule has 24 heavy (non-hydrogen) atoms. The molecule has 122 valence electrons. The van der Waals surface area contributed by atoms with Gasteiger partial charge in [-0.1, -0.05) is 11.6 Å². The number of rotatable bonds is 4. The zero-order chi connectivity index (χ0) is 17.1. The summed E-state index contributed by atoms with van der Waals surface area (Å²) in [4.78, 5) is 28.1. The van der Waals surface area contributed by atoms with Crippen LogP contribution in [0.2, 0.25) is 5.02 Å². The summed E-state index contributed by atoms with van der Waals surface area (Å²) in [7, 11) is 0. The van der Waals surface area contributed by atoms with Gasteiger partial charge in [-0.15, -0.1) is 0 Å². The molecule has 3 aromatic rings. The third-order valence-corrected chi connectivity index (χ3v) is 3.46. The molecule has 0 unspecified atom stereocenters. The zero-order valence-electron chi connectivity index (χ0n) is 12.2. The number of nitrogens with one attached hydrogen (secondary N) is 1. The molecule has 0 fully saturated rings. The molecule has 0 radical (unpaired) electrons. The maximum Gasteiger partial charge on any atom is 0.254 e. The molecule has 1 amide bonds. The lowest BCUT2D eigenvalue weighted by atomic mass is 10.3. The van der Waals surface area contributed by atoms with E-state index in [2.05, 4.69) is 10.3 Å². The molecule has 0 saturated heterocycles. The number of hydrogen-bond donors (Lipinski definition) is 1. The fraction of sp³-hybridized carbons (Fsp3) is 0.0625. The van der Waals surface area contributed by atoms with Crippen LogP contribution >= 0.6 is 11.6 Å².